The quantitative estimate of drug-likeness (QED) is 0.535. The van der Waals surface area contributed by atoms with Crippen molar-refractivity contribution in [3.05, 3.63) is 51.5 Å². The zero-order chi connectivity index (χ0) is 19.6. The van der Waals surface area contributed by atoms with E-state index in [-0.39, 0.29) is 12.3 Å². The molecule has 0 N–H and O–H groups in total. The lowest BCUT2D eigenvalue weighted by Crippen LogP contribution is -2.32. The minimum absolute atomic E-state index is 0.190. The molecule has 2 aliphatic rings. The summed E-state index contributed by atoms with van der Waals surface area (Å²) in [5.41, 5.74) is 1.59. The highest BCUT2D eigenvalue weighted by atomic mass is 79.9. The number of amides is 1. The Kier molecular flexibility index (Phi) is 5.94. The number of benzene rings is 1. The minimum atomic E-state index is -2.32. The van der Waals surface area contributed by atoms with Gasteiger partial charge in [-0.15, -0.1) is 0 Å². The predicted octanol–water partition coefficient (Wildman–Crippen LogP) is 5.70. The first kappa shape index (κ1) is 19.9. The molecule has 0 bridgehead atoms. The molecule has 1 saturated carbocycles. The van der Waals surface area contributed by atoms with Crippen LogP contribution in [-0.4, -0.2) is 25.2 Å². The van der Waals surface area contributed by atoms with E-state index in [1.807, 2.05) is 6.92 Å². The van der Waals surface area contributed by atoms with E-state index in [4.69, 9.17) is 0 Å². The zero-order valence-electron chi connectivity index (χ0n) is 15.2. The first-order chi connectivity index (χ1) is 12.9. The molecule has 1 aromatic rings. The molecule has 27 heavy (non-hydrogen) atoms. The van der Waals surface area contributed by atoms with E-state index in [9.17, 15) is 18.4 Å². The average molecular weight is 438 g/mol. The Balaban J connectivity index is 1.87. The fourth-order valence-electron chi connectivity index (χ4n) is 3.47. The molecule has 0 unspecified atom stereocenters. The van der Waals surface area contributed by atoms with Crippen molar-refractivity contribution >= 4 is 33.8 Å². The molecule has 0 aromatic heterocycles. The van der Waals surface area contributed by atoms with E-state index in [0.717, 1.165) is 24.7 Å². The first-order valence-electron chi connectivity index (χ1n) is 9.09. The van der Waals surface area contributed by atoms with E-state index in [0.29, 0.717) is 40.7 Å². The molecular formula is C21H22BrF2NO2. The molecule has 1 fully saturated rings. The smallest absolute Gasteiger partial charge is 0.258 e. The maximum Gasteiger partial charge on any atom is 0.258 e. The molecule has 3 nitrogen and oxygen atoms in total. The molecule has 1 aliphatic carbocycles. The lowest BCUT2D eigenvalue weighted by molar-refractivity contribution is -0.114. The largest absolute Gasteiger partial charge is 0.308 e. The molecule has 0 radical (unpaired) electrons. The number of hydrogen-bond acceptors (Lipinski definition) is 2. The van der Waals surface area contributed by atoms with Crippen LogP contribution in [0.25, 0.3) is 0 Å². The SMILES string of the molecule is CC1=C(C=CCC2(C(F)F)CC2)C(=O)N(c2cccc(Br)c2C=O)CCC1. The third kappa shape index (κ3) is 4.05. The van der Waals surface area contributed by atoms with Gasteiger partial charge in [0.15, 0.2) is 6.29 Å². The van der Waals surface area contributed by atoms with Crippen LogP contribution in [0, 0.1) is 5.41 Å². The number of hydrogen-bond donors (Lipinski definition) is 0. The summed E-state index contributed by atoms with van der Waals surface area (Å²) >= 11 is 3.36. The molecule has 6 heteroatoms. The Hall–Kier alpha value is -1.82. The lowest BCUT2D eigenvalue weighted by Gasteiger charge is -2.23. The third-order valence-corrected chi connectivity index (χ3v) is 6.16. The summed E-state index contributed by atoms with van der Waals surface area (Å²) in [7, 11) is 0. The number of nitrogens with zero attached hydrogens (tertiary/aromatic N) is 1. The molecule has 144 valence electrons. The Morgan fingerprint density at radius 3 is 2.70 bits per heavy atom. The van der Waals surface area contributed by atoms with Gasteiger partial charge in [0.05, 0.1) is 11.3 Å². The molecule has 0 saturated heterocycles. The van der Waals surface area contributed by atoms with E-state index in [2.05, 4.69) is 15.9 Å². The number of allylic oxidation sites excluding steroid dienone is 2. The number of anilines is 1. The van der Waals surface area contributed by atoms with Crippen LogP contribution in [0.15, 0.2) is 46.0 Å². The highest BCUT2D eigenvalue weighted by Gasteiger charge is 2.49. The van der Waals surface area contributed by atoms with Crippen molar-refractivity contribution in [3.8, 4) is 0 Å². The Morgan fingerprint density at radius 1 is 1.33 bits per heavy atom. The van der Waals surface area contributed by atoms with Gasteiger partial charge < -0.3 is 4.90 Å². The van der Waals surface area contributed by atoms with Crippen molar-refractivity contribution in [1.29, 1.82) is 0 Å². The minimum Gasteiger partial charge on any atom is -0.308 e. The lowest BCUT2D eigenvalue weighted by atomic mass is 10.0. The van der Waals surface area contributed by atoms with Crippen LogP contribution in [0.5, 0.6) is 0 Å². The van der Waals surface area contributed by atoms with Gasteiger partial charge in [0.1, 0.15) is 0 Å². The summed E-state index contributed by atoms with van der Waals surface area (Å²) in [6.45, 7) is 2.41. The first-order valence-corrected chi connectivity index (χ1v) is 9.89. The second-order valence-corrected chi connectivity index (χ2v) is 8.17. The zero-order valence-corrected chi connectivity index (χ0v) is 16.8. The molecule has 1 amide bonds. The predicted molar refractivity (Wildman–Crippen MR) is 105 cm³/mol. The Morgan fingerprint density at radius 2 is 2.07 bits per heavy atom. The van der Waals surface area contributed by atoms with Gasteiger partial charge in [-0.2, -0.15) is 0 Å². The summed E-state index contributed by atoms with van der Waals surface area (Å²) in [4.78, 5) is 26.3. The summed E-state index contributed by atoms with van der Waals surface area (Å²) in [6, 6.07) is 5.30. The van der Waals surface area contributed by atoms with E-state index < -0.39 is 11.8 Å². The molecule has 0 atom stereocenters. The Labute approximate surface area is 166 Å². The molecule has 0 spiro atoms. The van der Waals surface area contributed by atoms with Crippen LogP contribution < -0.4 is 4.90 Å². The molecule has 1 aromatic carbocycles. The summed E-state index contributed by atoms with van der Waals surface area (Å²) in [6.07, 6.45) is 4.71. The molecule has 1 aliphatic heterocycles. The van der Waals surface area contributed by atoms with Crippen molar-refractivity contribution in [3.63, 3.8) is 0 Å². The summed E-state index contributed by atoms with van der Waals surface area (Å²) < 4.78 is 26.8. The van der Waals surface area contributed by atoms with E-state index >= 15 is 0 Å². The summed E-state index contributed by atoms with van der Waals surface area (Å²) in [5, 5.41) is 0. The normalized spacial score (nSPS) is 19.7. The van der Waals surface area contributed by atoms with Crippen LogP contribution in [0.1, 0.15) is 49.4 Å². The second kappa shape index (κ2) is 8.05. The molecule has 1 heterocycles. The number of rotatable bonds is 6. The van der Waals surface area contributed by atoms with Crippen molar-refractivity contribution in [2.75, 3.05) is 11.4 Å². The highest BCUT2D eigenvalue weighted by Crippen LogP contribution is 2.53. The van der Waals surface area contributed by atoms with Gasteiger partial charge >= 0.3 is 0 Å². The van der Waals surface area contributed by atoms with Gasteiger partial charge in [-0.3, -0.25) is 9.59 Å². The number of alkyl halides is 2. The van der Waals surface area contributed by atoms with Crippen LogP contribution >= 0.6 is 15.9 Å². The van der Waals surface area contributed by atoms with Crippen LogP contribution in [0.4, 0.5) is 14.5 Å². The van der Waals surface area contributed by atoms with Crippen molar-refractivity contribution in [1.82, 2.24) is 0 Å². The Bertz CT molecular complexity index is 812. The maximum absolute atomic E-state index is 13.2. The van der Waals surface area contributed by atoms with Gasteiger partial charge in [0.25, 0.3) is 5.91 Å². The van der Waals surface area contributed by atoms with Crippen LogP contribution in [-0.2, 0) is 4.79 Å². The molecular weight excluding hydrogens is 416 g/mol. The number of aldehydes is 1. The second-order valence-electron chi connectivity index (χ2n) is 7.31. The number of halogens is 3. The van der Waals surface area contributed by atoms with E-state index in [1.54, 1.807) is 35.3 Å². The van der Waals surface area contributed by atoms with Crippen molar-refractivity contribution in [2.45, 2.75) is 45.5 Å². The molecule has 3 rings (SSSR count). The van der Waals surface area contributed by atoms with Crippen LogP contribution in [0.3, 0.4) is 0 Å². The maximum atomic E-state index is 13.2. The van der Waals surface area contributed by atoms with Crippen LogP contribution in [0.2, 0.25) is 0 Å². The monoisotopic (exact) mass is 437 g/mol. The topological polar surface area (TPSA) is 37.4 Å². The standard InChI is InChI=1S/C21H22BrF2NO2/c1-14-5-4-12-25(18-8-2-7-17(22)16(18)13-26)19(27)15(14)6-3-9-21(10-11-21)20(23)24/h2-3,6-8,13,20H,4-5,9-12H2,1H3. The van der Waals surface area contributed by atoms with Gasteiger partial charge in [-0.25, -0.2) is 8.78 Å². The van der Waals surface area contributed by atoms with E-state index in [1.165, 1.54) is 0 Å². The third-order valence-electron chi connectivity index (χ3n) is 5.47. The average Bonchev–Trinajstić information content (AvgIpc) is 3.43. The van der Waals surface area contributed by atoms with Gasteiger partial charge in [0, 0.05) is 22.0 Å². The van der Waals surface area contributed by atoms with Gasteiger partial charge in [0.2, 0.25) is 6.43 Å². The van der Waals surface area contributed by atoms with Gasteiger partial charge in [-0.05, 0) is 67.1 Å². The number of carbonyl (C=O) groups is 2. The van der Waals surface area contributed by atoms with Crippen molar-refractivity contribution in [2.24, 2.45) is 5.41 Å². The fourth-order valence-corrected chi connectivity index (χ4v) is 3.92. The highest BCUT2D eigenvalue weighted by molar-refractivity contribution is 9.10. The number of carbonyl (C=O) groups excluding carboxylic acids is 2. The summed E-state index contributed by atoms with van der Waals surface area (Å²) in [5.74, 6) is -0.190. The van der Waals surface area contributed by atoms with Crippen molar-refractivity contribution < 1.29 is 18.4 Å². The van der Waals surface area contributed by atoms with Gasteiger partial charge in [-0.1, -0.05) is 23.8 Å². The fraction of sp³-hybridized carbons (Fsp3) is 0.429.